The molecule has 0 atom stereocenters. The van der Waals surface area contributed by atoms with Crippen LogP contribution >= 0.6 is 0 Å². The number of aromatic nitrogens is 2. The highest BCUT2D eigenvalue weighted by atomic mass is 16.5. The number of methoxy groups -OCH3 is 1. The highest BCUT2D eigenvalue weighted by Crippen LogP contribution is 2.25. The minimum absolute atomic E-state index is 0.231. The predicted octanol–water partition coefficient (Wildman–Crippen LogP) is 1.83. The molecule has 0 bridgehead atoms. The van der Waals surface area contributed by atoms with Crippen LogP contribution in [0, 0.1) is 0 Å². The second kappa shape index (κ2) is 7.83. The van der Waals surface area contributed by atoms with Gasteiger partial charge >= 0.3 is 6.03 Å². The Kier molecular flexibility index (Phi) is 5.32. The van der Waals surface area contributed by atoms with Gasteiger partial charge in [-0.2, -0.15) is 5.10 Å². The van der Waals surface area contributed by atoms with Crippen LogP contribution in [0.1, 0.15) is 11.1 Å². The molecule has 7 nitrogen and oxygen atoms in total. The van der Waals surface area contributed by atoms with Gasteiger partial charge in [0.15, 0.2) is 0 Å². The van der Waals surface area contributed by atoms with Crippen LogP contribution in [0.3, 0.4) is 0 Å². The van der Waals surface area contributed by atoms with Crippen LogP contribution in [0.4, 0.5) is 10.5 Å². The summed E-state index contributed by atoms with van der Waals surface area (Å²) >= 11 is 0. The molecule has 0 radical (unpaired) electrons. The summed E-state index contributed by atoms with van der Waals surface area (Å²) in [6.45, 7) is 2.57. The third kappa shape index (κ3) is 4.26. The normalized spacial score (nSPS) is 12.5. The van der Waals surface area contributed by atoms with Crippen molar-refractivity contribution >= 4 is 11.7 Å². The van der Waals surface area contributed by atoms with Crippen LogP contribution in [0.5, 0.6) is 5.75 Å². The number of hydrogen-bond donors (Lipinski definition) is 2. The Morgan fingerprint density at radius 1 is 1.46 bits per heavy atom. The number of anilines is 1. The second-order valence-corrected chi connectivity index (χ2v) is 5.66. The zero-order valence-corrected chi connectivity index (χ0v) is 13.7. The standard InChI is InChI=1S/C17H22N4O3/c1-23-9-7-21-12-15(11-19-21)20-17(22)18-6-4-13-2-3-16-14(10-13)5-8-24-16/h2-3,10-12H,4-9H2,1H3,(H2,18,20,22). The number of fused-ring (bicyclic) bond motifs is 1. The van der Waals surface area contributed by atoms with Crippen LogP contribution < -0.4 is 15.4 Å². The third-order valence-corrected chi connectivity index (χ3v) is 3.87. The zero-order valence-electron chi connectivity index (χ0n) is 13.7. The molecule has 24 heavy (non-hydrogen) atoms. The molecule has 1 aliphatic rings. The lowest BCUT2D eigenvalue weighted by Gasteiger charge is -2.07. The Bertz CT molecular complexity index is 699. The monoisotopic (exact) mass is 330 g/mol. The van der Waals surface area contributed by atoms with E-state index in [9.17, 15) is 4.79 Å². The van der Waals surface area contributed by atoms with Crippen molar-refractivity contribution in [1.29, 1.82) is 0 Å². The first-order chi connectivity index (χ1) is 11.7. The van der Waals surface area contributed by atoms with Gasteiger partial charge in [0.1, 0.15) is 5.75 Å². The summed E-state index contributed by atoms with van der Waals surface area (Å²) < 4.78 is 12.2. The zero-order chi connectivity index (χ0) is 16.8. The molecule has 0 aliphatic carbocycles. The van der Waals surface area contributed by atoms with E-state index in [-0.39, 0.29) is 6.03 Å². The fourth-order valence-corrected chi connectivity index (χ4v) is 2.63. The Balaban J connectivity index is 1.41. The van der Waals surface area contributed by atoms with Gasteiger partial charge in [-0.25, -0.2) is 4.79 Å². The molecule has 0 fully saturated rings. The van der Waals surface area contributed by atoms with Gasteiger partial charge in [-0.05, 0) is 23.6 Å². The fraction of sp³-hybridized carbons (Fsp3) is 0.412. The number of hydrogen-bond acceptors (Lipinski definition) is 4. The van der Waals surface area contributed by atoms with E-state index >= 15 is 0 Å². The van der Waals surface area contributed by atoms with Gasteiger partial charge in [0.05, 0.1) is 31.6 Å². The summed E-state index contributed by atoms with van der Waals surface area (Å²) in [6, 6.07) is 5.98. The molecule has 1 aromatic heterocycles. The lowest BCUT2D eigenvalue weighted by atomic mass is 10.1. The van der Waals surface area contributed by atoms with Crippen LogP contribution in [0.15, 0.2) is 30.6 Å². The fourth-order valence-electron chi connectivity index (χ4n) is 2.63. The van der Waals surface area contributed by atoms with Crippen molar-refractivity contribution in [2.45, 2.75) is 19.4 Å². The van der Waals surface area contributed by atoms with E-state index in [1.165, 1.54) is 11.1 Å². The number of rotatable bonds is 7. The van der Waals surface area contributed by atoms with Crippen LogP contribution in [0.2, 0.25) is 0 Å². The van der Waals surface area contributed by atoms with E-state index in [4.69, 9.17) is 9.47 Å². The molecular formula is C17H22N4O3. The number of nitrogens with one attached hydrogen (secondary N) is 2. The number of benzene rings is 1. The molecular weight excluding hydrogens is 308 g/mol. The molecule has 0 spiro atoms. The maximum atomic E-state index is 11.9. The maximum absolute atomic E-state index is 11.9. The number of carbonyl (C=O) groups excluding carboxylic acids is 1. The molecule has 2 aromatic rings. The topological polar surface area (TPSA) is 77.4 Å². The Hall–Kier alpha value is -2.54. The molecule has 128 valence electrons. The van der Waals surface area contributed by atoms with Crippen molar-refractivity contribution < 1.29 is 14.3 Å². The van der Waals surface area contributed by atoms with Crippen molar-refractivity contribution in [3.05, 3.63) is 41.7 Å². The van der Waals surface area contributed by atoms with Gasteiger partial charge in [0, 0.05) is 26.3 Å². The van der Waals surface area contributed by atoms with Gasteiger partial charge in [-0.1, -0.05) is 12.1 Å². The number of carbonyl (C=O) groups is 1. The van der Waals surface area contributed by atoms with E-state index < -0.39 is 0 Å². The lowest BCUT2D eigenvalue weighted by molar-refractivity contribution is 0.183. The van der Waals surface area contributed by atoms with Crippen molar-refractivity contribution in [3.8, 4) is 5.75 Å². The average molecular weight is 330 g/mol. The Labute approximate surface area is 140 Å². The molecule has 3 rings (SSSR count). The van der Waals surface area contributed by atoms with Gasteiger partial charge in [0.25, 0.3) is 0 Å². The first kappa shape index (κ1) is 16.3. The summed E-state index contributed by atoms with van der Waals surface area (Å²) in [5.74, 6) is 0.981. The lowest BCUT2D eigenvalue weighted by Crippen LogP contribution is -2.30. The van der Waals surface area contributed by atoms with E-state index in [1.54, 1.807) is 24.2 Å². The van der Waals surface area contributed by atoms with Crippen molar-refractivity contribution in [2.24, 2.45) is 0 Å². The summed E-state index contributed by atoms with van der Waals surface area (Å²) in [5.41, 5.74) is 3.12. The van der Waals surface area contributed by atoms with Gasteiger partial charge < -0.3 is 20.1 Å². The van der Waals surface area contributed by atoms with Gasteiger partial charge in [0.2, 0.25) is 0 Å². The van der Waals surface area contributed by atoms with Crippen molar-refractivity contribution in [1.82, 2.24) is 15.1 Å². The van der Waals surface area contributed by atoms with E-state index in [1.807, 2.05) is 12.1 Å². The molecule has 2 N–H and O–H groups in total. The van der Waals surface area contributed by atoms with Gasteiger partial charge in [-0.15, -0.1) is 0 Å². The van der Waals surface area contributed by atoms with E-state index in [0.717, 1.165) is 25.2 Å². The number of amides is 2. The first-order valence-corrected chi connectivity index (χ1v) is 8.05. The molecule has 0 saturated heterocycles. The minimum atomic E-state index is -0.231. The Morgan fingerprint density at radius 2 is 2.38 bits per heavy atom. The van der Waals surface area contributed by atoms with Crippen molar-refractivity contribution in [3.63, 3.8) is 0 Å². The number of ether oxygens (including phenoxy) is 2. The summed E-state index contributed by atoms with van der Waals surface area (Å²) in [5, 5.41) is 9.78. The highest BCUT2D eigenvalue weighted by Gasteiger charge is 2.12. The SMILES string of the molecule is COCCn1cc(NC(=O)NCCc2ccc3c(c2)CCO3)cn1. The van der Waals surface area contributed by atoms with Crippen LogP contribution in [-0.2, 0) is 24.1 Å². The van der Waals surface area contributed by atoms with Crippen LogP contribution in [0.25, 0.3) is 0 Å². The molecule has 1 aliphatic heterocycles. The van der Waals surface area contributed by atoms with E-state index in [0.29, 0.717) is 25.4 Å². The van der Waals surface area contributed by atoms with Crippen LogP contribution in [-0.4, -0.2) is 42.7 Å². The van der Waals surface area contributed by atoms with Gasteiger partial charge in [-0.3, -0.25) is 4.68 Å². The third-order valence-electron chi connectivity index (χ3n) is 3.87. The molecule has 7 heteroatoms. The highest BCUT2D eigenvalue weighted by molar-refractivity contribution is 5.88. The molecule has 2 heterocycles. The number of urea groups is 1. The molecule has 1 aromatic carbocycles. The largest absolute Gasteiger partial charge is 0.493 e. The van der Waals surface area contributed by atoms with E-state index in [2.05, 4.69) is 21.8 Å². The average Bonchev–Trinajstić information content (AvgIpc) is 3.21. The second-order valence-electron chi connectivity index (χ2n) is 5.66. The quantitative estimate of drug-likeness (QED) is 0.812. The molecule has 2 amide bonds. The smallest absolute Gasteiger partial charge is 0.319 e. The summed E-state index contributed by atoms with van der Waals surface area (Å²) in [6.07, 6.45) is 5.15. The Morgan fingerprint density at radius 3 is 3.25 bits per heavy atom. The number of nitrogens with zero attached hydrogens (tertiary/aromatic N) is 2. The summed E-state index contributed by atoms with van der Waals surface area (Å²) in [7, 11) is 1.64. The first-order valence-electron chi connectivity index (χ1n) is 8.05. The molecule has 0 unspecified atom stereocenters. The molecule has 0 saturated carbocycles. The summed E-state index contributed by atoms with van der Waals surface area (Å²) in [4.78, 5) is 11.9. The maximum Gasteiger partial charge on any atom is 0.319 e. The minimum Gasteiger partial charge on any atom is -0.493 e. The predicted molar refractivity (Wildman–Crippen MR) is 90.5 cm³/mol. The van der Waals surface area contributed by atoms with Crippen molar-refractivity contribution in [2.75, 3.05) is 32.2 Å².